The molecule has 3 N–H and O–H groups in total. The van der Waals surface area contributed by atoms with Crippen molar-refractivity contribution in [2.75, 3.05) is 26.4 Å². The van der Waals surface area contributed by atoms with Gasteiger partial charge in [0.2, 0.25) is 0 Å². The van der Waals surface area contributed by atoms with Gasteiger partial charge in [0.25, 0.3) is 0 Å². The topological polar surface area (TPSA) is 134 Å². The molecule has 0 heterocycles. The van der Waals surface area contributed by atoms with Gasteiger partial charge in [0, 0.05) is 19.4 Å². The monoisotopic (exact) mass is 1230 g/mol. The molecule has 0 bridgehead atoms. The third kappa shape index (κ3) is 70.8. The van der Waals surface area contributed by atoms with E-state index < -0.39 is 26.5 Å². The van der Waals surface area contributed by atoms with Gasteiger partial charge < -0.3 is 20.1 Å². The van der Waals surface area contributed by atoms with Gasteiger partial charge in [-0.15, -0.1) is 0 Å². The van der Waals surface area contributed by atoms with E-state index >= 15 is 0 Å². The number of allylic oxidation sites excluding steroid dienone is 24. The average molecular weight is 1230 g/mol. The Morgan fingerprint density at radius 1 is 0.356 bits per heavy atom. The van der Waals surface area contributed by atoms with Crippen LogP contribution in [-0.4, -0.2) is 49.3 Å². The van der Waals surface area contributed by atoms with Crippen LogP contribution in [-0.2, 0) is 32.7 Å². The molecular formula is C77H130NO8P. The van der Waals surface area contributed by atoms with Crippen molar-refractivity contribution < 1.29 is 37.6 Å². The second-order valence-electron chi connectivity index (χ2n) is 23.0. The van der Waals surface area contributed by atoms with E-state index in [1.165, 1.54) is 148 Å². The van der Waals surface area contributed by atoms with Gasteiger partial charge in [-0.05, 0) is 122 Å². The molecule has 0 fully saturated rings. The molecule has 0 saturated carbocycles. The number of rotatable bonds is 65. The highest BCUT2D eigenvalue weighted by Gasteiger charge is 2.26. The Bertz CT molecular complexity index is 1940. The van der Waals surface area contributed by atoms with Crippen molar-refractivity contribution in [3.05, 3.63) is 146 Å². The lowest BCUT2D eigenvalue weighted by atomic mass is 10.0. The number of hydrogen-bond acceptors (Lipinski definition) is 8. The molecule has 0 aliphatic rings. The summed E-state index contributed by atoms with van der Waals surface area (Å²) in [6, 6.07) is 0. The minimum Gasteiger partial charge on any atom is -0.462 e. The second-order valence-corrected chi connectivity index (χ2v) is 24.5. The number of carbonyl (C=O) groups is 2. The van der Waals surface area contributed by atoms with Crippen LogP contribution in [0.5, 0.6) is 0 Å². The maximum atomic E-state index is 12.8. The van der Waals surface area contributed by atoms with Crippen LogP contribution < -0.4 is 5.73 Å². The summed E-state index contributed by atoms with van der Waals surface area (Å²) in [6.45, 7) is 3.60. The number of ether oxygens (including phenoxy) is 2. The van der Waals surface area contributed by atoms with Gasteiger partial charge in [-0.25, -0.2) is 4.57 Å². The Morgan fingerprint density at radius 3 is 0.943 bits per heavy atom. The zero-order chi connectivity index (χ0) is 63.0. The van der Waals surface area contributed by atoms with Crippen molar-refractivity contribution in [1.29, 1.82) is 0 Å². The molecule has 0 amide bonds. The highest BCUT2D eigenvalue weighted by molar-refractivity contribution is 7.47. The van der Waals surface area contributed by atoms with Gasteiger partial charge in [0.1, 0.15) is 6.61 Å². The first-order chi connectivity index (χ1) is 42.8. The Kier molecular flexibility index (Phi) is 67.6. The molecule has 0 spiro atoms. The summed E-state index contributed by atoms with van der Waals surface area (Å²) in [6.07, 6.45) is 102. The van der Waals surface area contributed by atoms with Crippen LogP contribution >= 0.6 is 7.82 Å². The highest BCUT2D eigenvalue weighted by atomic mass is 31.2. The zero-order valence-electron chi connectivity index (χ0n) is 55.7. The van der Waals surface area contributed by atoms with Gasteiger partial charge in [-0.2, -0.15) is 0 Å². The van der Waals surface area contributed by atoms with Crippen LogP contribution in [0.15, 0.2) is 146 Å². The number of hydrogen-bond donors (Lipinski definition) is 2. The van der Waals surface area contributed by atoms with E-state index in [9.17, 15) is 19.0 Å². The summed E-state index contributed by atoms with van der Waals surface area (Å²) in [5, 5.41) is 0. The maximum Gasteiger partial charge on any atom is 0.472 e. The van der Waals surface area contributed by atoms with E-state index in [2.05, 4.69) is 160 Å². The fourth-order valence-electron chi connectivity index (χ4n) is 9.52. The standard InChI is InChI=1S/C77H130NO8P/c1-3-5-7-9-11-13-15-17-19-21-23-25-27-29-31-33-35-36-37-38-40-42-44-46-48-50-52-54-56-58-60-62-64-66-68-70-77(80)86-75(74-85-87(81,82)84-72-71-78)73-83-76(79)69-67-65-63-61-59-57-55-53-51-49-47-45-43-41-39-34-32-30-28-26-24-22-20-18-16-14-12-10-8-6-4-2/h5,7,11,13,16-19,22-25,29,31,35-36,38,40,44,46,50,52,56,58,75H,3-4,6,8-10,12,14-15,20-21,26-28,30,32-34,37,39,41-43,45,47-49,51,53-55,57,59-74,78H2,1-2H3,(H,81,82)/b7-5-,13-11-,18-16-,19-17-,24-22-,25-23-,31-29-,36-35-,40-38-,46-44-,52-50-,58-56-. The fourth-order valence-corrected chi connectivity index (χ4v) is 10.3. The molecule has 0 saturated heterocycles. The van der Waals surface area contributed by atoms with E-state index in [0.717, 1.165) is 116 Å². The normalized spacial score (nSPS) is 13.8. The maximum absolute atomic E-state index is 12.8. The molecule has 9 nitrogen and oxygen atoms in total. The quantitative estimate of drug-likeness (QED) is 0.0264. The number of phosphoric acid groups is 1. The first-order valence-corrected chi connectivity index (χ1v) is 36.8. The molecule has 0 rings (SSSR count). The van der Waals surface area contributed by atoms with Crippen molar-refractivity contribution in [3.8, 4) is 0 Å². The molecule has 0 aromatic heterocycles. The summed E-state index contributed by atoms with van der Waals surface area (Å²) in [7, 11) is -4.41. The van der Waals surface area contributed by atoms with Gasteiger partial charge in [-0.1, -0.05) is 307 Å². The van der Waals surface area contributed by atoms with Crippen molar-refractivity contribution in [1.82, 2.24) is 0 Å². The Hall–Kier alpha value is -4.11. The average Bonchev–Trinajstić information content (AvgIpc) is 3.64. The minimum atomic E-state index is -4.41. The Morgan fingerprint density at radius 2 is 0.632 bits per heavy atom. The van der Waals surface area contributed by atoms with Gasteiger partial charge in [0.05, 0.1) is 13.2 Å². The number of carbonyl (C=O) groups excluding carboxylic acids is 2. The van der Waals surface area contributed by atoms with E-state index in [-0.39, 0.29) is 38.6 Å². The van der Waals surface area contributed by atoms with Crippen molar-refractivity contribution in [3.63, 3.8) is 0 Å². The summed E-state index contributed by atoms with van der Waals surface area (Å²) >= 11 is 0. The van der Waals surface area contributed by atoms with Crippen molar-refractivity contribution in [2.24, 2.45) is 5.73 Å². The molecule has 2 unspecified atom stereocenters. The molecule has 2 atom stereocenters. The van der Waals surface area contributed by atoms with Crippen molar-refractivity contribution in [2.45, 2.75) is 302 Å². The highest BCUT2D eigenvalue weighted by Crippen LogP contribution is 2.43. The van der Waals surface area contributed by atoms with Crippen LogP contribution in [0.25, 0.3) is 0 Å². The second kappa shape index (κ2) is 71.0. The molecule has 0 aromatic rings. The molecule has 10 heteroatoms. The fraction of sp³-hybridized carbons (Fsp3) is 0.662. The third-order valence-corrected chi connectivity index (χ3v) is 15.7. The van der Waals surface area contributed by atoms with E-state index in [1.807, 2.05) is 0 Å². The van der Waals surface area contributed by atoms with Crippen LogP contribution in [0.3, 0.4) is 0 Å². The molecule has 0 aliphatic carbocycles. The van der Waals surface area contributed by atoms with E-state index in [0.29, 0.717) is 6.42 Å². The molecule has 0 aliphatic heterocycles. The largest absolute Gasteiger partial charge is 0.472 e. The minimum absolute atomic E-state index is 0.0424. The first-order valence-electron chi connectivity index (χ1n) is 35.3. The lowest BCUT2D eigenvalue weighted by molar-refractivity contribution is -0.161. The Labute approximate surface area is 535 Å². The number of unbranched alkanes of at least 4 members (excludes halogenated alkanes) is 28. The SMILES string of the molecule is CC/C=C\C/C=C\C/C=C\C/C=C\C/C=C\C/C=C\C/C=C\C/C=C\C/C=C\C/C=C\CCCCCCC(=O)OC(COC(=O)CCCCCCCCCCCCCCCCCCCCC/C=C\C/C=C\CCCCCCC)COP(=O)(O)OCCN. The van der Waals surface area contributed by atoms with Crippen LogP contribution in [0, 0.1) is 0 Å². The summed E-state index contributed by atoms with van der Waals surface area (Å²) in [5.41, 5.74) is 5.40. The lowest BCUT2D eigenvalue weighted by Crippen LogP contribution is -2.29. The predicted octanol–water partition coefficient (Wildman–Crippen LogP) is 23.4. The van der Waals surface area contributed by atoms with Crippen LogP contribution in [0.2, 0.25) is 0 Å². The third-order valence-electron chi connectivity index (χ3n) is 14.7. The summed E-state index contributed by atoms with van der Waals surface area (Å²) < 4.78 is 33.1. The molecule has 0 radical (unpaired) electrons. The summed E-state index contributed by atoms with van der Waals surface area (Å²) in [5.74, 6) is -0.858. The predicted molar refractivity (Wildman–Crippen MR) is 376 cm³/mol. The van der Waals surface area contributed by atoms with E-state index in [1.54, 1.807) is 0 Å². The zero-order valence-corrected chi connectivity index (χ0v) is 56.6. The smallest absolute Gasteiger partial charge is 0.462 e. The number of esters is 2. The molecule has 87 heavy (non-hydrogen) atoms. The van der Waals surface area contributed by atoms with E-state index in [4.69, 9.17) is 24.3 Å². The van der Waals surface area contributed by atoms with Crippen molar-refractivity contribution >= 4 is 19.8 Å². The molecule has 496 valence electrons. The van der Waals surface area contributed by atoms with Gasteiger partial charge in [0.15, 0.2) is 6.10 Å². The molecule has 0 aromatic carbocycles. The van der Waals surface area contributed by atoms with Crippen LogP contribution in [0.4, 0.5) is 0 Å². The molecular weight excluding hydrogens is 1100 g/mol. The Balaban J connectivity index is 3.98. The number of nitrogens with two attached hydrogens (primary N) is 1. The van der Waals surface area contributed by atoms with Gasteiger partial charge in [-0.3, -0.25) is 18.6 Å². The van der Waals surface area contributed by atoms with Gasteiger partial charge >= 0.3 is 19.8 Å². The first kappa shape index (κ1) is 82.9. The van der Waals surface area contributed by atoms with Crippen LogP contribution in [0.1, 0.15) is 296 Å². The number of phosphoric ester groups is 1. The lowest BCUT2D eigenvalue weighted by Gasteiger charge is -2.19. The summed E-state index contributed by atoms with van der Waals surface area (Å²) in [4.78, 5) is 35.4.